The maximum Gasteiger partial charge on any atom is 0.144 e. The van der Waals surface area contributed by atoms with E-state index in [4.69, 9.17) is 16.9 Å². The minimum absolute atomic E-state index is 0.0401. The number of hydrogen-bond donors (Lipinski definition) is 1. The first-order valence-corrected chi connectivity index (χ1v) is 6.90. The molecule has 2 aromatic rings. The predicted octanol–water partition coefficient (Wildman–Crippen LogP) is 4.43. The van der Waals surface area contributed by atoms with Crippen LogP contribution in [-0.4, -0.2) is 9.78 Å². The molecule has 3 nitrogen and oxygen atoms in total. The zero-order chi connectivity index (χ0) is 14.0. The number of halogens is 1. The largest absolute Gasteiger partial charge is 0.282 e. The van der Waals surface area contributed by atoms with Crippen molar-refractivity contribution in [3.05, 3.63) is 41.6 Å². The second-order valence-electron chi connectivity index (χ2n) is 5.49. The molecule has 0 radical (unpaired) electrons. The van der Waals surface area contributed by atoms with Crippen LogP contribution in [0.3, 0.4) is 0 Å². The SMILES string of the molecule is CCC(C)(C)c1cc(NCl)n(-c2ccc(C)cc2)n1. The molecule has 1 N–H and O–H groups in total. The van der Waals surface area contributed by atoms with Crippen LogP contribution in [0.15, 0.2) is 30.3 Å². The fourth-order valence-corrected chi connectivity index (χ4v) is 1.98. The summed E-state index contributed by atoms with van der Waals surface area (Å²) in [4.78, 5) is 2.70. The van der Waals surface area contributed by atoms with Crippen molar-refractivity contribution in [3.63, 3.8) is 0 Å². The predicted molar refractivity (Wildman–Crippen MR) is 81.1 cm³/mol. The maximum atomic E-state index is 5.81. The fourth-order valence-electron chi connectivity index (χ4n) is 1.84. The molecule has 102 valence electrons. The van der Waals surface area contributed by atoms with Crippen LogP contribution in [0.5, 0.6) is 0 Å². The number of aromatic nitrogens is 2. The van der Waals surface area contributed by atoms with Crippen molar-refractivity contribution in [2.75, 3.05) is 4.84 Å². The van der Waals surface area contributed by atoms with E-state index in [9.17, 15) is 0 Å². The quantitative estimate of drug-likeness (QED) is 0.838. The number of hydrogen-bond acceptors (Lipinski definition) is 2. The highest BCUT2D eigenvalue weighted by molar-refractivity contribution is 6.23. The lowest BCUT2D eigenvalue weighted by molar-refractivity contribution is 0.485. The van der Waals surface area contributed by atoms with Crippen molar-refractivity contribution in [1.82, 2.24) is 9.78 Å². The molecular formula is C15H20ClN3. The lowest BCUT2D eigenvalue weighted by atomic mass is 9.87. The fraction of sp³-hybridized carbons (Fsp3) is 0.400. The molecule has 0 aliphatic carbocycles. The Kier molecular flexibility index (Phi) is 3.85. The van der Waals surface area contributed by atoms with Crippen LogP contribution in [0, 0.1) is 6.92 Å². The Morgan fingerprint density at radius 3 is 2.42 bits per heavy atom. The van der Waals surface area contributed by atoms with Gasteiger partial charge in [0.25, 0.3) is 0 Å². The average molecular weight is 278 g/mol. The summed E-state index contributed by atoms with van der Waals surface area (Å²) in [5, 5.41) is 4.69. The molecule has 0 unspecified atom stereocenters. The number of rotatable bonds is 4. The van der Waals surface area contributed by atoms with Gasteiger partial charge in [0.05, 0.1) is 11.4 Å². The summed E-state index contributed by atoms with van der Waals surface area (Å²) < 4.78 is 1.85. The average Bonchev–Trinajstić information content (AvgIpc) is 2.84. The molecule has 0 amide bonds. The van der Waals surface area contributed by atoms with E-state index in [1.54, 1.807) is 0 Å². The normalized spacial score (nSPS) is 11.6. The summed E-state index contributed by atoms with van der Waals surface area (Å²) in [6, 6.07) is 10.2. The molecule has 0 bridgehead atoms. The van der Waals surface area contributed by atoms with E-state index in [1.165, 1.54) is 5.56 Å². The Morgan fingerprint density at radius 1 is 1.26 bits per heavy atom. The van der Waals surface area contributed by atoms with Gasteiger partial charge < -0.3 is 0 Å². The molecule has 4 heteroatoms. The Morgan fingerprint density at radius 2 is 1.89 bits per heavy atom. The Bertz CT molecular complexity index is 555. The molecule has 0 saturated heterocycles. The Labute approximate surface area is 119 Å². The first-order valence-electron chi connectivity index (χ1n) is 6.52. The molecular weight excluding hydrogens is 258 g/mol. The van der Waals surface area contributed by atoms with Gasteiger partial charge in [-0.25, -0.2) is 4.68 Å². The summed E-state index contributed by atoms with van der Waals surface area (Å²) in [5.74, 6) is 0.794. The lowest BCUT2D eigenvalue weighted by Gasteiger charge is -2.19. The highest BCUT2D eigenvalue weighted by atomic mass is 35.5. The molecule has 0 aliphatic rings. The van der Waals surface area contributed by atoms with Crippen molar-refractivity contribution in [2.24, 2.45) is 0 Å². The third-order valence-electron chi connectivity index (χ3n) is 3.66. The molecule has 1 aromatic carbocycles. The van der Waals surface area contributed by atoms with Crippen LogP contribution < -0.4 is 4.84 Å². The van der Waals surface area contributed by atoms with Gasteiger partial charge in [0.2, 0.25) is 0 Å². The van der Waals surface area contributed by atoms with Crippen LogP contribution in [0.25, 0.3) is 5.69 Å². The molecule has 19 heavy (non-hydrogen) atoms. The van der Waals surface area contributed by atoms with E-state index in [-0.39, 0.29) is 5.41 Å². The maximum absolute atomic E-state index is 5.81. The van der Waals surface area contributed by atoms with Crippen molar-refractivity contribution in [3.8, 4) is 5.69 Å². The minimum atomic E-state index is 0.0401. The monoisotopic (exact) mass is 277 g/mol. The van der Waals surface area contributed by atoms with Crippen LogP contribution in [0.2, 0.25) is 0 Å². The number of nitrogens with one attached hydrogen (secondary N) is 1. The third kappa shape index (κ3) is 2.76. The highest BCUT2D eigenvalue weighted by Crippen LogP contribution is 2.29. The molecule has 0 fully saturated rings. The van der Waals surface area contributed by atoms with Gasteiger partial charge in [0, 0.05) is 23.3 Å². The molecule has 0 atom stereocenters. The van der Waals surface area contributed by atoms with Gasteiger partial charge in [-0.05, 0) is 25.5 Å². The molecule has 0 saturated carbocycles. The third-order valence-corrected chi connectivity index (χ3v) is 3.86. The van der Waals surface area contributed by atoms with E-state index in [0.717, 1.165) is 23.6 Å². The summed E-state index contributed by atoms with van der Waals surface area (Å²) in [7, 11) is 0. The number of benzene rings is 1. The first-order chi connectivity index (χ1) is 8.97. The smallest absolute Gasteiger partial charge is 0.144 e. The molecule has 0 spiro atoms. The van der Waals surface area contributed by atoms with E-state index < -0.39 is 0 Å². The van der Waals surface area contributed by atoms with Crippen LogP contribution in [0.1, 0.15) is 38.4 Å². The topological polar surface area (TPSA) is 29.9 Å². The second-order valence-corrected chi connectivity index (χ2v) is 5.68. The highest BCUT2D eigenvalue weighted by Gasteiger charge is 2.23. The van der Waals surface area contributed by atoms with E-state index in [1.807, 2.05) is 22.9 Å². The molecule has 0 aliphatic heterocycles. The van der Waals surface area contributed by atoms with E-state index in [2.05, 4.69) is 44.7 Å². The van der Waals surface area contributed by atoms with Crippen LogP contribution in [0.4, 0.5) is 5.82 Å². The van der Waals surface area contributed by atoms with Gasteiger partial charge in [-0.15, -0.1) is 0 Å². The zero-order valence-electron chi connectivity index (χ0n) is 11.9. The van der Waals surface area contributed by atoms with E-state index in [0.29, 0.717) is 0 Å². The molecule has 2 rings (SSSR count). The van der Waals surface area contributed by atoms with Crippen molar-refractivity contribution < 1.29 is 0 Å². The zero-order valence-corrected chi connectivity index (χ0v) is 12.6. The van der Waals surface area contributed by atoms with Gasteiger partial charge in [-0.1, -0.05) is 38.5 Å². The number of aryl methyl sites for hydroxylation is 1. The van der Waals surface area contributed by atoms with Gasteiger partial charge >= 0.3 is 0 Å². The van der Waals surface area contributed by atoms with Crippen LogP contribution >= 0.6 is 11.8 Å². The summed E-state index contributed by atoms with van der Waals surface area (Å²) >= 11 is 5.81. The lowest BCUT2D eigenvalue weighted by Crippen LogP contribution is -2.16. The standard InChI is InChI=1S/C15H20ClN3/c1-5-15(3,4)13-10-14(17-16)19(18-13)12-8-6-11(2)7-9-12/h6-10,17H,5H2,1-4H3. The summed E-state index contributed by atoms with van der Waals surface area (Å²) in [6.07, 6.45) is 1.03. The van der Waals surface area contributed by atoms with Gasteiger partial charge in [0.15, 0.2) is 0 Å². The number of anilines is 1. The van der Waals surface area contributed by atoms with Crippen LogP contribution in [-0.2, 0) is 5.41 Å². The Hall–Kier alpha value is -1.48. The number of nitrogens with zero attached hydrogens (tertiary/aromatic N) is 2. The minimum Gasteiger partial charge on any atom is -0.282 e. The van der Waals surface area contributed by atoms with Crippen molar-refractivity contribution in [2.45, 2.75) is 39.5 Å². The second kappa shape index (κ2) is 5.25. The molecule has 1 aromatic heterocycles. The van der Waals surface area contributed by atoms with Gasteiger partial charge in [-0.3, -0.25) is 4.84 Å². The Balaban J connectivity index is 2.48. The van der Waals surface area contributed by atoms with Crippen molar-refractivity contribution >= 4 is 17.6 Å². The summed E-state index contributed by atoms with van der Waals surface area (Å²) in [5.41, 5.74) is 3.31. The van der Waals surface area contributed by atoms with E-state index >= 15 is 0 Å². The first kappa shape index (κ1) is 13.9. The molecule has 1 heterocycles. The van der Waals surface area contributed by atoms with Gasteiger partial charge in [0.1, 0.15) is 5.82 Å². The van der Waals surface area contributed by atoms with Crippen molar-refractivity contribution in [1.29, 1.82) is 0 Å². The summed E-state index contributed by atoms with van der Waals surface area (Å²) in [6.45, 7) is 8.61. The van der Waals surface area contributed by atoms with Gasteiger partial charge in [-0.2, -0.15) is 5.10 Å².